The summed E-state index contributed by atoms with van der Waals surface area (Å²) in [5, 5.41) is 0. The lowest BCUT2D eigenvalue weighted by Gasteiger charge is -2.17. The van der Waals surface area contributed by atoms with Crippen LogP contribution in [0.3, 0.4) is 0 Å². The number of aryl methyl sites for hydroxylation is 1. The maximum Gasteiger partial charge on any atom is 0.419 e. The van der Waals surface area contributed by atoms with Gasteiger partial charge in [0.15, 0.2) is 5.58 Å². The maximum absolute atomic E-state index is 12.7. The predicted octanol–water partition coefficient (Wildman–Crippen LogP) is 2.66. The Hall–Kier alpha value is -2.58. The van der Waals surface area contributed by atoms with Crippen LogP contribution < -0.4 is 15.2 Å². The monoisotopic (exact) mass is 376 g/mol. The Kier molecular flexibility index (Phi) is 4.88. The number of hydrogen-bond donors (Lipinski definition) is 1. The Morgan fingerprint density at radius 1 is 1.23 bits per heavy atom. The Bertz CT molecular complexity index is 1100. The Labute approximate surface area is 151 Å². The zero-order valence-corrected chi connectivity index (χ0v) is 15.5. The highest BCUT2D eigenvalue weighted by atomic mass is 32.2. The second-order valence-electron chi connectivity index (χ2n) is 5.83. The standard InChI is InChI=1S/C18H20N2O5S/c1-4-20-15-10-9-13(11-17(15)25-18(20)21)26(22,23)19-12(2)14-7-5-6-8-16(14)24-3/h5-12,19H,4H2,1-3H3/t12-/m0/s1. The van der Waals surface area contributed by atoms with Crippen molar-refractivity contribution in [3.63, 3.8) is 0 Å². The number of para-hydroxylation sites is 1. The van der Waals surface area contributed by atoms with Gasteiger partial charge in [-0.15, -0.1) is 0 Å². The van der Waals surface area contributed by atoms with E-state index in [0.29, 0.717) is 17.8 Å². The number of sulfonamides is 1. The summed E-state index contributed by atoms with van der Waals surface area (Å²) in [5.74, 6) is 0.0940. The van der Waals surface area contributed by atoms with Gasteiger partial charge in [-0.1, -0.05) is 18.2 Å². The highest BCUT2D eigenvalue weighted by molar-refractivity contribution is 7.89. The first-order valence-electron chi connectivity index (χ1n) is 8.16. The number of oxazole rings is 1. The predicted molar refractivity (Wildman–Crippen MR) is 97.9 cm³/mol. The van der Waals surface area contributed by atoms with E-state index in [9.17, 15) is 13.2 Å². The molecule has 0 radical (unpaired) electrons. The molecule has 0 aliphatic rings. The fourth-order valence-corrected chi connectivity index (χ4v) is 4.14. The molecule has 0 aliphatic heterocycles. The molecule has 0 amide bonds. The lowest BCUT2D eigenvalue weighted by Crippen LogP contribution is -2.27. The van der Waals surface area contributed by atoms with Crippen molar-refractivity contribution in [2.75, 3.05) is 7.11 Å². The van der Waals surface area contributed by atoms with Gasteiger partial charge in [-0.05, 0) is 32.0 Å². The lowest BCUT2D eigenvalue weighted by molar-refractivity contribution is 0.405. The smallest absolute Gasteiger partial charge is 0.419 e. The van der Waals surface area contributed by atoms with E-state index in [1.165, 1.54) is 23.8 Å². The second kappa shape index (κ2) is 6.97. The molecule has 8 heteroatoms. The summed E-state index contributed by atoms with van der Waals surface area (Å²) in [6, 6.07) is 11.1. The molecule has 0 bridgehead atoms. The summed E-state index contributed by atoms with van der Waals surface area (Å²) in [6.45, 7) is 4.00. The number of fused-ring (bicyclic) bond motifs is 1. The van der Waals surface area contributed by atoms with Crippen molar-refractivity contribution < 1.29 is 17.6 Å². The normalized spacial score (nSPS) is 13.0. The molecular weight excluding hydrogens is 356 g/mol. The number of nitrogens with zero attached hydrogens (tertiary/aromatic N) is 1. The lowest BCUT2D eigenvalue weighted by atomic mass is 10.1. The summed E-state index contributed by atoms with van der Waals surface area (Å²) in [6.07, 6.45) is 0. The first-order valence-corrected chi connectivity index (χ1v) is 9.64. The zero-order valence-electron chi connectivity index (χ0n) is 14.7. The first kappa shape index (κ1) is 18.2. The molecule has 7 nitrogen and oxygen atoms in total. The number of benzene rings is 2. The minimum atomic E-state index is -3.81. The number of aromatic nitrogens is 1. The van der Waals surface area contributed by atoms with Crippen LogP contribution in [0.2, 0.25) is 0 Å². The molecule has 0 saturated carbocycles. The summed E-state index contributed by atoms with van der Waals surface area (Å²) in [4.78, 5) is 11.8. The number of nitrogens with one attached hydrogen (secondary N) is 1. The Morgan fingerprint density at radius 3 is 2.65 bits per heavy atom. The highest BCUT2D eigenvalue weighted by Gasteiger charge is 2.22. The fourth-order valence-electron chi connectivity index (χ4n) is 2.90. The molecule has 3 aromatic rings. The van der Waals surface area contributed by atoms with E-state index in [4.69, 9.17) is 9.15 Å². The van der Waals surface area contributed by atoms with Crippen molar-refractivity contribution in [1.29, 1.82) is 0 Å². The maximum atomic E-state index is 12.7. The molecule has 1 atom stereocenters. The molecule has 0 fully saturated rings. The Balaban J connectivity index is 1.95. The van der Waals surface area contributed by atoms with E-state index in [1.807, 2.05) is 19.1 Å². The second-order valence-corrected chi connectivity index (χ2v) is 7.54. The van der Waals surface area contributed by atoms with Crippen LogP contribution in [0.25, 0.3) is 11.1 Å². The van der Waals surface area contributed by atoms with Crippen LogP contribution in [0.1, 0.15) is 25.5 Å². The molecule has 0 saturated heterocycles. The molecule has 2 aromatic carbocycles. The van der Waals surface area contributed by atoms with Gasteiger partial charge in [-0.2, -0.15) is 0 Å². The van der Waals surface area contributed by atoms with Crippen molar-refractivity contribution in [1.82, 2.24) is 9.29 Å². The quantitative estimate of drug-likeness (QED) is 0.714. The third-order valence-electron chi connectivity index (χ3n) is 4.20. The van der Waals surface area contributed by atoms with Gasteiger partial charge >= 0.3 is 5.76 Å². The van der Waals surface area contributed by atoms with Crippen LogP contribution >= 0.6 is 0 Å². The average molecular weight is 376 g/mol. The molecule has 0 aliphatic carbocycles. The van der Waals surface area contributed by atoms with Crippen molar-refractivity contribution in [3.8, 4) is 5.75 Å². The van der Waals surface area contributed by atoms with Gasteiger partial charge in [-0.25, -0.2) is 17.9 Å². The summed E-state index contributed by atoms with van der Waals surface area (Å²) < 4.78 is 40.0. The van der Waals surface area contributed by atoms with Gasteiger partial charge in [0, 0.05) is 24.2 Å². The molecular formula is C18H20N2O5S. The summed E-state index contributed by atoms with van der Waals surface area (Å²) >= 11 is 0. The minimum Gasteiger partial charge on any atom is -0.496 e. The van der Waals surface area contributed by atoms with E-state index in [-0.39, 0.29) is 10.5 Å². The largest absolute Gasteiger partial charge is 0.496 e. The van der Waals surface area contributed by atoms with Gasteiger partial charge < -0.3 is 9.15 Å². The topological polar surface area (TPSA) is 90.5 Å². The minimum absolute atomic E-state index is 0.0313. The summed E-state index contributed by atoms with van der Waals surface area (Å²) in [7, 11) is -2.28. The van der Waals surface area contributed by atoms with Crippen LogP contribution in [0.4, 0.5) is 0 Å². The third-order valence-corrected chi connectivity index (χ3v) is 5.74. The molecule has 3 rings (SSSR count). The fraction of sp³-hybridized carbons (Fsp3) is 0.278. The van der Waals surface area contributed by atoms with Crippen molar-refractivity contribution >= 4 is 21.1 Å². The summed E-state index contributed by atoms with van der Waals surface area (Å²) in [5.41, 5.74) is 1.53. The number of ether oxygens (including phenoxy) is 1. The van der Waals surface area contributed by atoms with Gasteiger partial charge in [-0.3, -0.25) is 4.57 Å². The van der Waals surface area contributed by atoms with Gasteiger partial charge in [0.05, 0.1) is 17.5 Å². The molecule has 0 spiro atoms. The van der Waals surface area contributed by atoms with Crippen molar-refractivity contribution in [2.45, 2.75) is 31.3 Å². The van der Waals surface area contributed by atoms with Crippen LogP contribution in [0.15, 0.2) is 56.6 Å². The van der Waals surface area contributed by atoms with E-state index in [0.717, 1.165) is 5.56 Å². The number of hydrogen-bond acceptors (Lipinski definition) is 5. The van der Waals surface area contributed by atoms with E-state index < -0.39 is 21.8 Å². The zero-order chi connectivity index (χ0) is 18.9. The number of rotatable bonds is 6. The number of methoxy groups -OCH3 is 1. The van der Waals surface area contributed by atoms with Crippen LogP contribution in [-0.2, 0) is 16.6 Å². The van der Waals surface area contributed by atoms with Crippen LogP contribution in [-0.4, -0.2) is 20.1 Å². The Morgan fingerprint density at radius 2 is 1.96 bits per heavy atom. The first-order chi connectivity index (χ1) is 12.4. The van der Waals surface area contributed by atoms with Crippen molar-refractivity contribution in [2.24, 2.45) is 0 Å². The van der Waals surface area contributed by atoms with Crippen LogP contribution in [0.5, 0.6) is 5.75 Å². The molecule has 0 unspecified atom stereocenters. The molecule has 1 aromatic heterocycles. The van der Waals surface area contributed by atoms with Crippen LogP contribution in [0, 0.1) is 0 Å². The van der Waals surface area contributed by atoms with Gasteiger partial charge in [0.1, 0.15) is 5.75 Å². The van der Waals surface area contributed by atoms with E-state index in [1.54, 1.807) is 25.1 Å². The molecule has 26 heavy (non-hydrogen) atoms. The molecule has 1 heterocycles. The average Bonchev–Trinajstić information content (AvgIpc) is 2.95. The van der Waals surface area contributed by atoms with E-state index >= 15 is 0 Å². The third kappa shape index (κ3) is 3.25. The SMILES string of the molecule is CCn1c(=O)oc2cc(S(=O)(=O)N[C@@H](C)c3ccccc3OC)ccc21. The van der Waals surface area contributed by atoms with Gasteiger partial charge in [0.2, 0.25) is 10.0 Å². The molecule has 138 valence electrons. The van der Waals surface area contributed by atoms with E-state index in [2.05, 4.69) is 4.72 Å². The van der Waals surface area contributed by atoms with Gasteiger partial charge in [0.25, 0.3) is 0 Å². The van der Waals surface area contributed by atoms with Crippen molar-refractivity contribution in [3.05, 3.63) is 58.6 Å². The molecule has 1 N–H and O–H groups in total. The highest BCUT2D eigenvalue weighted by Crippen LogP contribution is 2.26.